The van der Waals surface area contributed by atoms with Gasteiger partial charge in [-0.2, -0.15) is 0 Å². The van der Waals surface area contributed by atoms with Gasteiger partial charge in [0, 0.05) is 18.6 Å². The first-order valence-electron chi connectivity index (χ1n) is 10.0. The van der Waals surface area contributed by atoms with E-state index in [0.717, 1.165) is 12.8 Å². The SMILES string of the molecule is CC(Cc1ccccc1)Nc1c(NCC(Cc2ccccc2)N(C)C)c(=O)c1=O. The molecule has 0 radical (unpaired) electrons. The summed E-state index contributed by atoms with van der Waals surface area (Å²) in [6.45, 7) is 2.61. The number of likely N-dealkylation sites (N-methyl/N-ethyl adjacent to an activating group) is 1. The van der Waals surface area contributed by atoms with Gasteiger partial charge in [0.05, 0.1) is 0 Å². The largest absolute Gasteiger partial charge is 0.378 e. The van der Waals surface area contributed by atoms with Crippen LogP contribution in [-0.4, -0.2) is 37.6 Å². The lowest BCUT2D eigenvalue weighted by molar-refractivity contribution is 0.303. The Kier molecular flexibility index (Phi) is 6.83. The average Bonchev–Trinajstić information content (AvgIpc) is 2.73. The Labute approximate surface area is 172 Å². The minimum Gasteiger partial charge on any atom is -0.378 e. The number of benzene rings is 2. The van der Waals surface area contributed by atoms with Crippen LogP contribution in [0.3, 0.4) is 0 Å². The first kappa shape index (κ1) is 20.8. The van der Waals surface area contributed by atoms with Gasteiger partial charge in [-0.3, -0.25) is 9.59 Å². The Hall–Kier alpha value is -2.92. The fourth-order valence-electron chi connectivity index (χ4n) is 3.51. The van der Waals surface area contributed by atoms with Crippen molar-refractivity contribution in [3.63, 3.8) is 0 Å². The summed E-state index contributed by atoms with van der Waals surface area (Å²) in [7, 11) is 4.05. The molecule has 0 aliphatic rings. The van der Waals surface area contributed by atoms with E-state index in [4.69, 9.17) is 0 Å². The molecule has 3 rings (SSSR count). The van der Waals surface area contributed by atoms with Crippen molar-refractivity contribution in [3.05, 3.63) is 92.2 Å². The predicted octanol–water partition coefficient (Wildman–Crippen LogP) is 2.91. The standard InChI is InChI=1S/C24H29N3O2/c1-17(14-18-10-6-4-7-11-18)26-22-21(23(28)24(22)29)25-16-20(27(2)3)15-19-12-8-5-9-13-19/h4-13,17,20,25-26H,14-16H2,1-3H3. The van der Waals surface area contributed by atoms with E-state index < -0.39 is 10.9 Å². The molecule has 0 fully saturated rings. The van der Waals surface area contributed by atoms with E-state index >= 15 is 0 Å². The maximum atomic E-state index is 12.1. The molecule has 0 heterocycles. The Morgan fingerprint density at radius 2 is 1.31 bits per heavy atom. The molecule has 0 aliphatic heterocycles. The molecule has 3 aromatic carbocycles. The van der Waals surface area contributed by atoms with E-state index in [1.807, 2.05) is 57.4 Å². The summed E-state index contributed by atoms with van der Waals surface area (Å²) in [6, 6.07) is 20.6. The molecular formula is C24H29N3O2. The molecule has 2 N–H and O–H groups in total. The van der Waals surface area contributed by atoms with Crippen LogP contribution in [0.1, 0.15) is 18.1 Å². The molecule has 0 aromatic heterocycles. The maximum Gasteiger partial charge on any atom is 0.253 e. The van der Waals surface area contributed by atoms with Crippen molar-refractivity contribution in [3.8, 4) is 0 Å². The summed E-state index contributed by atoms with van der Waals surface area (Å²) in [4.78, 5) is 26.4. The second-order valence-corrected chi connectivity index (χ2v) is 7.83. The highest BCUT2D eigenvalue weighted by atomic mass is 16.2. The Bertz CT molecular complexity index is 977. The van der Waals surface area contributed by atoms with Gasteiger partial charge in [-0.05, 0) is 45.0 Å². The van der Waals surface area contributed by atoms with Crippen LogP contribution in [0.2, 0.25) is 0 Å². The van der Waals surface area contributed by atoms with Crippen LogP contribution in [0.5, 0.6) is 0 Å². The van der Waals surface area contributed by atoms with Gasteiger partial charge in [0.15, 0.2) is 0 Å². The van der Waals surface area contributed by atoms with Crippen LogP contribution in [0.4, 0.5) is 11.4 Å². The number of rotatable bonds is 10. The molecule has 5 heteroatoms. The zero-order valence-corrected chi connectivity index (χ0v) is 17.3. The number of nitrogens with one attached hydrogen (secondary N) is 2. The smallest absolute Gasteiger partial charge is 0.253 e. The van der Waals surface area contributed by atoms with Gasteiger partial charge in [-0.25, -0.2) is 0 Å². The summed E-state index contributed by atoms with van der Waals surface area (Å²) in [5.41, 5.74) is 2.39. The normalized spacial score (nSPS) is 13.4. The summed E-state index contributed by atoms with van der Waals surface area (Å²) in [5.74, 6) is 0. The third-order valence-corrected chi connectivity index (χ3v) is 5.24. The number of nitrogens with zero attached hydrogens (tertiary/aromatic N) is 1. The minimum absolute atomic E-state index is 0.0511. The molecule has 0 amide bonds. The van der Waals surface area contributed by atoms with Gasteiger partial charge in [-0.1, -0.05) is 60.7 Å². The first-order chi connectivity index (χ1) is 14.0. The van der Waals surface area contributed by atoms with Crippen LogP contribution in [-0.2, 0) is 12.8 Å². The van der Waals surface area contributed by atoms with Crippen LogP contribution < -0.4 is 21.5 Å². The lowest BCUT2D eigenvalue weighted by Crippen LogP contribution is -2.43. The van der Waals surface area contributed by atoms with Crippen LogP contribution >= 0.6 is 0 Å². The molecule has 0 aliphatic carbocycles. The lowest BCUT2D eigenvalue weighted by Gasteiger charge is -2.26. The van der Waals surface area contributed by atoms with Crippen LogP contribution in [0.25, 0.3) is 0 Å². The second kappa shape index (κ2) is 9.52. The quantitative estimate of drug-likeness (QED) is 0.521. The molecule has 0 spiro atoms. The average molecular weight is 392 g/mol. The monoisotopic (exact) mass is 391 g/mol. The van der Waals surface area contributed by atoms with Crippen molar-refractivity contribution in [2.24, 2.45) is 0 Å². The topological polar surface area (TPSA) is 61.4 Å². The van der Waals surface area contributed by atoms with E-state index in [0.29, 0.717) is 17.9 Å². The summed E-state index contributed by atoms with van der Waals surface area (Å²) in [5, 5.41) is 6.46. The summed E-state index contributed by atoms with van der Waals surface area (Å²) in [6.07, 6.45) is 1.65. The minimum atomic E-state index is -0.434. The van der Waals surface area contributed by atoms with Crippen molar-refractivity contribution >= 4 is 11.4 Å². The van der Waals surface area contributed by atoms with Gasteiger partial charge in [0.2, 0.25) is 0 Å². The highest BCUT2D eigenvalue weighted by Crippen LogP contribution is 2.18. The maximum absolute atomic E-state index is 12.1. The second-order valence-electron chi connectivity index (χ2n) is 7.83. The molecular weight excluding hydrogens is 362 g/mol. The van der Waals surface area contributed by atoms with Gasteiger partial charge >= 0.3 is 0 Å². The van der Waals surface area contributed by atoms with Gasteiger partial charge in [0.25, 0.3) is 10.9 Å². The third kappa shape index (κ3) is 5.33. The first-order valence-corrected chi connectivity index (χ1v) is 10.0. The van der Waals surface area contributed by atoms with Crippen LogP contribution in [0, 0.1) is 0 Å². The van der Waals surface area contributed by atoms with E-state index in [1.165, 1.54) is 11.1 Å². The highest BCUT2D eigenvalue weighted by Gasteiger charge is 2.23. The molecule has 2 unspecified atom stereocenters. The molecule has 29 heavy (non-hydrogen) atoms. The van der Waals surface area contributed by atoms with Gasteiger partial charge in [0.1, 0.15) is 11.4 Å². The zero-order chi connectivity index (χ0) is 20.8. The fraction of sp³-hybridized carbons (Fsp3) is 0.333. The van der Waals surface area contributed by atoms with Gasteiger partial charge < -0.3 is 15.5 Å². The number of anilines is 2. The number of hydrogen-bond acceptors (Lipinski definition) is 5. The molecule has 0 saturated heterocycles. The van der Waals surface area contributed by atoms with E-state index in [1.54, 1.807) is 0 Å². The van der Waals surface area contributed by atoms with Crippen molar-refractivity contribution < 1.29 is 0 Å². The summed E-state index contributed by atoms with van der Waals surface area (Å²) < 4.78 is 0. The van der Waals surface area contributed by atoms with Crippen molar-refractivity contribution in [1.29, 1.82) is 0 Å². The lowest BCUT2D eigenvalue weighted by atomic mass is 10.0. The highest BCUT2D eigenvalue weighted by molar-refractivity contribution is 5.74. The van der Waals surface area contributed by atoms with E-state index in [-0.39, 0.29) is 12.1 Å². The predicted molar refractivity (Wildman–Crippen MR) is 121 cm³/mol. The third-order valence-electron chi connectivity index (χ3n) is 5.24. The van der Waals surface area contributed by atoms with Crippen molar-refractivity contribution in [2.45, 2.75) is 31.8 Å². The molecule has 0 saturated carbocycles. The molecule has 5 nitrogen and oxygen atoms in total. The summed E-state index contributed by atoms with van der Waals surface area (Å²) >= 11 is 0. The van der Waals surface area contributed by atoms with Crippen molar-refractivity contribution in [2.75, 3.05) is 31.3 Å². The molecule has 152 valence electrons. The van der Waals surface area contributed by atoms with Crippen molar-refractivity contribution in [1.82, 2.24) is 4.90 Å². The van der Waals surface area contributed by atoms with E-state index in [2.05, 4.69) is 39.8 Å². The fourth-order valence-corrected chi connectivity index (χ4v) is 3.51. The number of hydrogen-bond donors (Lipinski definition) is 2. The van der Waals surface area contributed by atoms with E-state index in [9.17, 15) is 9.59 Å². The Morgan fingerprint density at radius 3 is 1.86 bits per heavy atom. The van der Waals surface area contributed by atoms with Crippen LogP contribution in [0.15, 0.2) is 70.3 Å². The zero-order valence-electron chi connectivity index (χ0n) is 17.3. The molecule has 3 aromatic rings. The molecule has 2 atom stereocenters. The Balaban J connectivity index is 1.63. The van der Waals surface area contributed by atoms with Gasteiger partial charge in [-0.15, -0.1) is 0 Å². The molecule has 0 bridgehead atoms. The Morgan fingerprint density at radius 1 is 0.793 bits per heavy atom.